The van der Waals surface area contributed by atoms with Gasteiger partial charge in [0.2, 0.25) is 0 Å². The second kappa shape index (κ2) is 11.8. The molecule has 0 unspecified atom stereocenters. The van der Waals surface area contributed by atoms with Gasteiger partial charge < -0.3 is 10.6 Å². The predicted octanol–water partition coefficient (Wildman–Crippen LogP) is 4.55. The van der Waals surface area contributed by atoms with E-state index in [9.17, 15) is 10.1 Å². The minimum atomic E-state index is -0.380. The van der Waals surface area contributed by atoms with Crippen LogP contribution >= 0.6 is 0 Å². The fraction of sp³-hybridized carbons (Fsp3) is 0.241. The quantitative estimate of drug-likeness (QED) is 0.390. The first-order chi connectivity index (χ1) is 16.7. The Labute approximate surface area is 201 Å². The molecule has 1 saturated heterocycles. The lowest BCUT2D eigenvalue weighted by Gasteiger charge is -2.32. The number of amides is 1. The molecule has 0 aliphatic carbocycles. The Bertz CT molecular complexity index is 1080. The summed E-state index contributed by atoms with van der Waals surface area (Å²) in [7, 11) is 0. The number of benzene rings is 3. The van der Waals surface area contributed by atoms with E-state index in [2.05, 4.69) is 45.9 Å². The van der Waals surface area contributed by atoms with Gasteiger partial charge in [-0.15, -0.1) is 0 Å². The molecule has 1 amide bonds. The van der Waals surface area contributed by atoms with Crippen LogP contribution in [0.2, 0.25) is 0 Å². The molecule has 0 radical (unpaired) electrons. The summed E-state index contributed by atoms with van der Waals surface area (Å²) in [4.78, 5) is 15.5. The van der Waals surface area contributed by atoms with Crippen molar-refractivity contribution in [3.63, 3.8) is 0 Å². The summed E-state index contributed by atoms with van der Waals surface area (Å²) in [6.07, 6.45) is 3.53. The van der Waals surface area contributed by atoms with Crippen LogP contribution in [0.1, 0.15) is 35.6 Å². The standard InChI is InChI=1S/C29H30N4O/c30-20-26(21-31-27-16-18-33(19-17-27)22-23-10-4-1-5-11-23)29(34)32-28(24-12-6-2-7-13-24)25-14-8-3-9-15-25/h1-15,21,27-28,31H,16-19,22H2,(H,32,34)/b26-21-. The fourth-order valence-corrected chi connectivity index (χ4v) is 4.31. The van der Waals surface area contributed by atoms with E-state index < -0.39 is 0 Å². The molecule has 0 spiro atoms. The normalized spacial score (nSPS) is 15.0. The average Bonchev–Trinajstić information content (AvgIpc) is 2.90. The molecule has 3 aromatic rings. The summed E-state index contributed by atoms with van der Waals surface area (Å²) in [5, 5.41) is 16.0. The molecule has 1 aliphatic rings. The zero-order valence-corrected chi connectivity index (χ0v) is 19.2. The molecule has 172 valence electrons. The van der Waals surface area contributed by atoms with E-state index in [1.807, 2.05) is 66.7 Å². The number of likely N-dealkylation sites (tertiary alicyclic amines) is 1. The van der Waals surface area contributed by atoms with Crippen molar-refractivity contribution in [2.45, 2.75) is 31.5 Å². The average molecular weight is 451 g/mol. The van der Waals surface area contributed by atoms with Crippen molar-refractivity contribution in [2.24, 2.45) is 0 Å². The number of carbonyl (C=O) groups is 1. The van der Waals surface area contributed by atoms with Crippen LogP contribution in [0.5, 0.6) is 0 Å². The van der Waals surface area contributed by atoms with Crippen LogP contribution in [0.25, 0.3) is 0 Å². The fourth-order valence-electron chi connectivity index (χ4n) is 4.31. The van der Waals surface area contributed by atoms with E-state index >= 15 is 0 Å². The van der Waals surface area contributed by atoms with Crippen LogP contribution in [0, 0.1) is 11.3 Å². The van der Waals surface area contributed by atoms with Crippen molar-refractivity contribution >= 4 is 5.91 Å². The van der Waals surface area contributed by atoms with Crippen LogP contribution in [-0.2, 0) is 11.3 Å². The van der Waals surface area contributed by atoms with Crippen molar-refractivity contribution < 1.29 is 4.79 Å². The molecule has 0 bridgehead atoms. The molecule has 5 heteroatoms. The first kappa shape index (κ1) is 23.3. The molecule has 3 aromatic carbocycles. The second-order valence-corrected chi connectivity index (χ2v) is 8.60. The first-order valence-electron chi connectivity index (χ1n) is 11.8. The van der Waals surface area contributed by atoms with Gasteiger partial charge in [0.25, 0.3) is 5.91 Å². The maximum absolute atomic E-state index is 13.0. The summed E-state index contributed by atoms with van der Waals surface area (Å²) in [6.45, 7) is 2.92. The highest BCUT2D eigenvalue weighted by atomic mass is 16.1. The van der Waals surface area contributed by atoms with Crippen molar-refractivity contribution in [1.29, 1.82) is 5.26 Å². The first-order valence-corrected chi connectivity index (χ1v) is 11.8. The van der Waals surface area contributed by atoms with E-state index in [0.717, 1.165) is 43.6 Å². The minimum absolute atomic E-state index is 0.0866. The molecule has 34 heavy (non-hydrogen) atoms. The molecular weight excluding hydrogens is 420 g/mol. The van der Waals surface area contributed by atoms with Crippen LogP contribution in [0.3, 0.4) is 0 Å². The molecule has 5 nitrogen and oxygen atoms in total. The number of rotatable bonds is 8. The van der Waals surface area contributed by atoms with Gasteiger partial charge in [0.05, 0.1) is 6.04 Å². The third-order valence-corrected chi connectivity index (χ3v) is 6.21. The summed E-state index contributed by atoms with van der Waals surface area (Å²) < 4.78 is 0. The van der Waals surface area contributed by atoms with Gasteiger partial charge in [-0.1, -0.05) is 91.0 Å². The van der Waals surface area contributed by atoms with Crippen molar-refractivity contribution in [1.82, 2.24) is 15.5 Å². The number of carbonyl (C=O) groups excluding carboxylic acids is 1. The molecule has 1 aliphatic heterocycles. The maximum atomic E-state index is 13.0. The van der Waals surface area contributed by atoms with E-state index in [4.69, 9.17) is 0 Å². The van der Waals surface area contributed by atoms with Crippen molar-refractivity contribution in [3.05, 3.63) is 119 Å². The molecular formula is C29H30N4O. The smallest absolute Gasteiger partial charge is 0.264 e. The Morgan fingerprint density at radius 2 is 1.44 bits per heavy atom. The van der Waals surface area contributed by atoms with E-state index in [-0.39, 0.29) is 23.6 Å². The van der Waals surface area contributed by atoms with Crippen LogP contribution in [-0.4, -0.2) is 29.9 Å². The largest absolute Gasteiger partial charge is 0.387 e. The summed E-state index contributed by atoms with van der Waals surface area (Å²) in [6, 6.07) is 32.1. The molecule has 0 aromatic heterocycles. The summed E-state index contributed by atoms with van der Waals surface area (Å²) in [5.41, 5.74) is 3.35. The molecule has 1 fully saturated rings. The summed E-state index contributed by atoms with van der Waals surface area (Å²) >= 11 is 0. The number of hydrogen-bond acceptors (Lipinski definition) is 4. The molecule has 4 rings (SSSR count). The lowest BCUT2D eigenvalue weighted by molar-refractivity contribution is -0.117. The molecule has 1 heterocycles. The monoisotopic (exact) mass is 450 g/mol. The molecule has 0 saturated carbocycles. The predicted molar refractivity (Wildman–Crippen MR) is 134 cm³/mol. The number of nitrogens with one attached hydrogen (secondary N) is 2. The van der Waals surface area contributed by atoms with Crippen LogP contribution in [0.15, 0.2) is 103 Å². The lowest BCUT2D eigenvalue weighted by Crippen LogP contribution is -2.41. The van der Waals surface area contributed by atoms with Crippen LogP contribution in [0.4, 0.5) is 0 Å². The highest BCUT2D eigenvalue weighted by molar-refractivity contribution is 5.97. The zero-order chi connectivity index (χ0) is 23.6. The topological polar surface area (TPSA) is 68.2 Å². The molecule has 2 N–H and O–H groups in total. The number of nitrogens with zero attached hydrogens (tertiary/aromatic N) is 2. The van der Waals surface area contributed by atoms with E-state index in [1.165, 1.54) is 5.56 Å². The minimum Gasteiger partial charge on any atom is -0.387 e. The van der Waals surface area contributed by atoms with Gasteiger partial charge in [0, 0.05) is 31.9 Å². The Morgan fingerprint density at radius 3 is 1.97 bits per heavy atom. The van der Waals surface area contributed by atoms with Gasteiger partial charge in [-0.05, 0) is 29.5 Å². The SMILES string of the molecule is N#C/C(=C/NC1CCN(Cc2ccccc2)CC1)C(=O)NC(c1ccccc1)c1ccccc1. The highest BCUT2D eigenvalue weighted by Gasteiger charge is 2.21. The maximum Gasteiger partial charge on any atom is 0.264 e. The Morgan fingerprint density at radius 1 is 0.912 bits per heavy atom. The van der Waals surface area contributed by atoms with Gasteiger partial charge in [-0.25, -0.2) is 0 Å². The van der Waals surface area contributed by atoms with Crippen molar-refractivity contribution in [3.8, 4) is 6.07 Å². The Hall–Kier alpha value is -3.88. The van der Waals surface area contributed by atoms with Gasteiger partial charge in [-0.3, -0.25) is 9.69 Å². The highest BCUT2D eigenvalue weighted by Crippen LogP contribution is 2.22. The Balaban J connectivity index is 1.35. The van der Waals surface area contributed by atoms with Gasteiger partial charge >= 0.3 is 0 Å². The number of piperidine rings is 1. The summed E-state index contributed by atoms with van der Waals surface area (Å²) in [5.74, 6) is -0.380. The second-order valence-electron chi connectivity index (χ2n) is 8.60. The lowest BCUT2D eigenvalue weighted by atomic mass is 9.98. The third-order valence-electron chi connectivity index (χ3n) is 6.21. The number of hydrogen-bond donors (Lipinski definition) is 2. The van der Waals surface area contributed by atoms with E-state index in [1.54, 1.807) is 6.20 Å². The third kappa shape index (κ3) is 6.34. The van der Waals surface area contributed by atoms with Gasteiger partial charge in [-0.2, -0.15) is 5.26 Å². The van der Waals surface area contributed by atoms with Gasteiger partial charge in [0.1, 0.15) is 11.6 Å². The van der Waals surface area contributed by atoms with Gasteiger partial charge in [0.15, 0.2) is 0 Å². The van der Waals surface area contributed by atoms with Crippen LogP contribution < -0.4 is 10.6 Å². The Kier molecular flexibility index (Phi) is 8.10. The van der Waals surface area contributed by atoms with Crippen molar-refractivity contribution in [2.75, 3.05) is 13.1 Å². The molecule has 0 atom stereocenters. The number of nitriles is 1. The zero-order valence-electron chi connectivity index (χ0n) is 19.2. The van der Waals surface area contributed by atoms with E-state index in [0.29, 0.717) is 0 Å².